The first-order chi connectivity index (χ1) is 8.74. The number of fused-ring (bicyclic) bond motifs is 2. The Morgan fingerprint density at radius 3 is 3.17 bits per heavy atom. The average molecular weight is 247 g/mol. The van der Waals surface area contributed by atoms with Gasteiger partial charge in [-0.1, -0.05) is 18.6 Å². The molecule has 0 spiro atoms. The van der Waals surface area contributed by atoms with E-state index < -0.39 is 0 Å². The van der Waals surface area contributed by atoms with Gasteiger partial charge in [0.15, 0.2) is 0 Å². The van der Waals surface area contributed by atoms with Gasteiger partial charge in [0, 0.05) is 18.0 Å². The number of aliphatic hydroxyl groups is 1. The normalized spacial score (nSPS) is 35.2. The zero-order valence-corrected chi connectivity index (χ0v) is 10.9. The molecule has 1 saturated heterocycles. The van der Waals surface area contributed by atoms with Gasteiger partial charge in [-0.3, -0.25) is 0 Å². The van der Waals surface area contributed by atoms with Crippen LogP contribution >= 0.6 is 0 Å². The van der Waals surface area contributed by atoms with Crippen molar-refractivity contribution in [3.63, 3.8) is 0 Å². The number of hydrogen-bond acceptors (Lipinski definition) is 3. The molecule has 2 bridgehead atoms. The highest BCUT2D eigenvalue weighted by molar-refractivity contribution is 5.36. The molecule has 1 aliphatic carbocycles. The van der Waals surface area contributed by atoms with Gasteiger partial charge < -0.3 is 15.2 Å². The Morgan fingerprint density at radius 1 is 1.44 bits per heavy atom. The largest absolute Gasteiger partial charge is 0.497 e. The molecular formula is C15H21NO2. The van der Waals surface area contributed by atoms with Gasteiger partial charge in [0.2, 0.25) is 0 Å². The van der Waals surface area contributed by atoms with E-state index in [4.69, 9.17) is 4.74 Å². The van der Waals surface area contributed by atoms with E-state index in [1.807, 2.05) is 12.1 Å². The van der Waals surface area contributed by atoms with Crippen molar-refractivity contribution < 1.29 is 9.84 Å². The molecule has 1 aromatic carbocycles. The highest BCUT2D eigenvalue weighted by Crippen LogP contribution is 2.45. The van der Waals surface area contributed by atoms with Crippen molar-refractivity contribution >= 4 is 0 Å². The van der Waals surface area contributed by atoms with Gasteiger partial charge in [0.05, 0.1) is 13.2 Å². The topological polar surface area (TPSA) is 41.5 Å². The number of benzene rings is 1. The van der Waals surface area contributed by atoms with Crippen LogP contribution in [-0.2, 0) is 5.41 Å². The fourth-order valence-electron chi connectivity index (χ4n) is 3.65. The standard InChI is InChI=1S/C15H21NO2/c1-18-13-6-2-4-11(8-13)15-7-3-5-12(9-15)16-10-14(15)17/h2,4,6,8,12,14,16-17H,3,5,7,9-10H2,1H3/t12-,14-,15+/m0/s1. The van der Waals surface area contributed by atoms with Crippen LogP contribution in [0.5, 0.6) is 5.75 Å². The lowest BCUT2D eigenvalue weighted by atomic mass is 9.62. The number of nitrogens with one attached hydrogen (secondary N) is 1. The molecule has 1 aliphatic heterocycles. The van der Waals surface area contributed by atoms with Crippen molar-refractivity contribution in [3.05, 3.63) is 29.8 Å². The van der Waals surface area contributed by atoms with Gasteiger partial charge in [0.1, 0.15) is 5.75 Å². The zero-order chi connectivity index (χ0) is 12.6. The minimum absolute atomic E-state index is 0.0668. The van der Waals surface area contributed by atoms with Crippen molar-refractivity contribution in [1.82, 2.24) is 5.32 Å². The summed E-state index contributed by atoms with van der Waals surface area (Å²) in [6.45, 7) is 0.710. The molecule has 0 aromatic heterocycles. The first-order valence-electron chi connectivity index (χ1n) is 6.80. The number of methoxy groups -OCH3 is 1. The van der Waals surface area contributed by atoms with Crippen molar-refractivity contribution in [1.29, 1.82) is 0 Å². The van der Waals surface area contributed by atoms with Gasteiger partial charge in [-0.15, -0.1) is 0 Å². The van der Waals surface area contributed by atoms with E-state index in [-0.39, 0.29) is 11.5 Å². The molecule has 2 fully saturated rings. The van der Waals surface area contributed by atoms with Crippen molar-refractivity contribution in [2.45, 2.75) is 43.2 Å². The highest BCUT2D eigenvalue weighted by Gasteiger charge is 2.46. The Hall–Kier alpha value is -1.06. The minimum Gasteiger partial charge on any atom is -0.497 e. The quantitative estimate of drug-likeness (QED) is 0.838. The summed E-state index contributed by atoms with van der Waals surface area (Å²) in [5.41, 5.74) is 1.17. The SMILES string of the molecule is COc1cccc([C@@]23CCC[C@@H](C2)NC[C@@H]3O)c1. The maximum Gasteiger partial charge on any atom is 0.119 e. The van der Waals surface area contributed by atoms with Crippen LogP contribution in [0.25, 0.3) is 0 Å². The molecule has 3 rings (SSSR count). The summed E-state index contributed by atoms with van der Waals surface area (Å²) in [4.78, 5) is 0. The molecule has 0 radical (unpaired) electrons. The monoisotopic (exact) mass is 247 g/mol. The minimum atomic E-state index is -0.291. The highest BCUT2D eigenvalue weighted by atomic mass is 16.5. The van der Waals surface area contributed by atoms with E-state index in [2.05, 4.69) is 17.4 Å². The fourth-order valence-corrected chi connectivity index (χ4v) is 3.65. The molecule has 1 saturated carbocycles. The second-order valence-electron chi connectivity index (χ2n) is 5.61. The lowest BCUT2D eigenvalue weighted by Gasteiger charge is -2.49. The molecule has 3 atom stereocenters. The molecule has 2 N–H and O–H groups in total. The second-order valence-corrected chi connectivity index (χ2v) is 5.61. The van der Waals surface area contributed by atoms with Crippen molar-refractivity contribution in [2.24, 2.45) is 0 Å². The Morgan fingerprint density at radius 2 is 2.33 bits per heavy atom. The van der Waals surface area contributed by atoms with E-state index in [0.29, 0.717) is 12.6 Å². The molecule has 98 valence electrons. The molecule has 1 aromatic rings. The van der Waals surface area contributed by atoms with Crippen LogP contribution in [0.1, 0.15) is 31.2 Å². The summed E-state index contributed by atoms with van der Waals surface area (Å²) >= 11 is 0. The van der Waals surface area contributed by atoms with Crippen LogP contribution in [0, 0.1) is 0 Å². The van der Waals surface area contributed by atoms with Gasteiger partial charge in [-0.2, -0.15) is 0 Å². The zero-order valence-electron chi connectivity index (χ0n) is 10.9. The summed E-state index contributed by atoms with van der Waals surface area (Å²) in [7, 11) is 1.69. The van der Waals surface area contributed by atoms with Crippen LogP contribution in [0.2, 0.25) is 0 Å². The van der Waals surface area contributed by atoms with E-state index in [1.54, 1.807) is 7.11 Å². The van der Waals surface area contributed by atoms with Crippen LogP contribution in [0.15, 0.2) is 24.3 Å². The maximum absolute atomic E-state index is 10.5. The first-order valence-corrected chi connectivity index (χ1v) is 6.80. The summed E-state index contributed by atoms with van der Waals surface area (Å²) in [5, 5.41) is 13.9. The molecule has 0 unspecified atom stereocenters. The van der Waals surface area contributed by atoms with E-state index in [0.717, 1.165) is 18.6 Å². The summed E-state index contributed by atoms with van der Waals surface area (Å²) in [6.07, 6.45) is 4.26. The number of piperidine rings is 1. The molecular weight excluding hydrogens is 226 g/mol. The number of rotatable bonds is 2. The third-order valence-electron chi connectivity index (χ3n) is 4.67. The van der Waals surface area contributed by atoms with Crippen molar-refractivity contribution in [2.75, 3.05) is 13.7 Å². The number of aliphatic hydroxyl groups excluding tert-OH is 1. The predicted octanol–water partition coefficient (Wildman–Crippen LogP) is 1.84. The van der Waals surface area contributed by atoms with E-state index in [1.165, 1.54) is 18.4 Å². The molecule has 0 amide bonds. The van der Waals surface area contributed by atoms with Crippen LogP contribution in [0.3, 0.4) is 0 Å². The number of hydrogen-bond donors (Lipinski definition) is 2. The summed E-state index contributed by atoms with van der Waals surface area (Å²) in [5.74, 6) is 0.884. The van der Waals surface area contributed by atoms with E-state index in [9.17, 15) is 5.11 Å². The predicted molar refractivity (Wildman–Crippen MR) is 70.9 cm³/mol. The average Bonchev–Trinajstić information content (AvgIpc) is 2.44. The van der Waals surface area contributed by atoms with Gasteiger partial charge in [-0.05, 0) is 37.0 Å². The van der Waals surface area contributed by atoms with Crippen molar-refractivity contribution in [3.8, 4) is 5.75 Å². The molecule has 18 heavy (non-hydrogen) atoms. The molecule has 2 aliphatic rings. The second kappa shape index (κ2) is 4.56. The molecule has 3 nitrogen and oxygen atoms in total. The lowest BCUT2D eigenvalue weighted by Crippen LogP contribution is -2.58. The fraction of sp³-hybridized carbons (Fsp3) is 0.600. The van der Waals surface area contributed by atoms with E-state index >= 15 is 0 Å². The summed E-state index contributed by atoms with van der Waals surface area (Å²) in [6, 6.07) is 8.79. The Labute approximate surface area is 108 Å². The maximum atomic E-state index is 10.5. The third kappa shape index (κ3) is 1.82. The van der Waals surface area contributed by atoms with Gasteiger partial charge in [0.25, 0.3) is 0 Å². The van der Waals surface area contributed by atoms with Crippen LogP contribution in [0.4, 0.5) is 0 Å². The first kappa shape index (κ1) is 12.0. The van der Waals surface area contributed by atoms with Crippen LogP contribution in [-0.4, -0.2) is 30.9 Å². The van der Waals surface area contributed by atoms with Gasteiger partial charge in [-0.25, -0.2) is 0 Å². The number of ether oxygens (including phenoxy) is 1. The molecule has 3 heteroatoms. The smallest absolute Gasteiger partial charge is 0.119 e. The Balaban J connectivity index is 2.00. The van der Waals surface area contributed by atoms with Crippen LogP contribution < -0.4 is 10.1 Å². The third-order valence-corrected chi connectivity index (χ3v) is 4.67. The molecule has 1 heterocycles. The Kier molecular flexibility index (Phi) is 3.04. The summed E-state index contributed by atoms with van der Waals surface area (Å²) < 4.78 is 5.32. The Bertz CT molecular complexity index is 434. The number of β-amino-alcohol motifs (C(OH)–C–C–N with tert-alkyl or cyclic N) is 1. The van der Waals surface area contributed by atoms with Gasteiger partial charge >= 0.3 is 0 Å². The lowest BCUT2D eigenvalue weighted by molar-refractivity contribution is 0.0124.